The Morgan fingerprint density at radius 2 is 1.65 bits per heavy atom. The molecule has 0 aliphatic rings. The van der Waals surface area contributed by atoms with Crippen LogP contribution in [-0.2, 0) is 0 Å². The highest BCUT2D eigenvalue weighted by molar-refractivity contribution is 5.94. The van der Waals surface area contributed by atoms with Gasteiger partial charge >= 0.3 is 0 Å². The molecule has 2 N–H and O–H groups in total. The first-order valence-corrected chi connectivity index (χ1v) is 9.29. The number of hydrogen-bond acceptors (Lipinski definition) is 2. The molecule has 4 aromatic rings. The first kappa shape index (κ1) is 16.6. The molecule has 0 radical (unpaired) electrons. The van der Waals surface area contributed by atoms with E-state index in [1.54, 1.807) is 6.33 Å². The molecule has 0 amide bonds. The quantitative estimate of drug-likeness (QED) is 0.455. The molecule has 3 nitrogen and oxygen atoms in total. The van der Waals surface area contributed by atoms with Crippen LogP contribution in [0.3, 0.4) is 0 Å². The Morgan fingerprint density at radius 3 is 2.42 bits per heavy atom. The molecule has 4 rings (SSSR count). The Kier molecular flexibility index (Phi) is 4.15. The summed E-state index contributed by atoms with van der Waals surface area (Å²) in [7, 11) is 0. The Morgan fingerprint density at radius 1 is 0.885 bits per heavy atom. The first-order valence-electron chi connectivity index (χ1n) is 9.29. The Hall–Kier alpha value is -2.81. The second-order valence-electron chi connectivity index (χ2n) is 7.59. The minimum absolute atomic E-state index is 0.360. The lowest BCUT2D eigenvalue weighted by Gasteiger charge is -2.16. The molecular weight excluding hydrogens is 318 g/mol. The summed E-state index contributed by atoms with van der Waals surface area (Å²) in [4.78, 5) is 7.63. The third-order valence-corrected chi connectivity index (χ3v) is 4.85. The van der Waals surface area contributed by atoms with Gasteiger partial charge in [-0.15, -0.1) is 0 Å². The van der Waals surface area contributed by atoms with Crippen molar-refractivity contribution >= 4 is 27.5 Å². The average Bonchev–Trinajstić information content (AvgIpc) is 3.07. The van der Waals surface area contributed by atoms with E-state index >= 15 is 0 Å². The van der Waals surface area contributed by atoms with Crippen molar-refractivity contribution in [3.63, 3.8) is 0 Å². The minimum atomic E-state index is 0.360. The van der Waals surface area contributed by atoms with Crippen LogP contribution in [0.4, 0.5) is 5.69 Å². The number of benzene rings is 3. The normalized spacial score (nSPS) is 11.8. The molecule has 0 aliphatic heterocycles. The van der Waals surface area contributed by atoms with Crippen molar-refractivity contribution in [3.8, 4) is 11.1 Å². The van der Waals surface area contributed by atoms with Gasteiger partial charge in [0.1, 0.15) is 0 Å². The molecule has 0 fully saturated rings. The monoisotopic (exact) mass is 343 g/mol. The summed E-state index contributed by atoms with van der Waals surface area (Å²) in [5.74, 6) is 0.545. The van der Waals surface area contributed by atoms with Gasteiger partial charge < -0.3 is 10.3 Å². The zero-order valence-electron chi connectivity index (χ0n) is 15.8. The number of rotatable bonds is 4. The van der Waals surface area contributed by atoms with Crippen LogP contribution in [0.25, 0.3) is 32.9 Å². The van der Waals surface area contributed by atoms with E-state index in [4.69, 9.17) is 0 Å². The van der Waals surface area contributed by atoms with E-state index in [0.29, 0.717) is 12.0 Å². The number of nitrogens with one attached hydrogen (secondary N) is 2. The summed E-state index contributed by atoms with van der Waals surface area (Å²) < 4.78 is 0. The van der Waals surface area contributed by atoms with Crippen LogP contribution in [0.1, 0.15) is 39.2 Å². The largest absolute Gasteiger partial charge is 0.382 e. The number of fused-ring (bicyclic) bond motifs is 2. The minimum Gasteiger partial charge on any atom is -0.382 e. The van der Waals surface area contributed by atoms with Crippen LogP contribution in [0, 0.1) is 0 Å². The maximum absolute atomic E-state index is 4.40. The van der Waals surface area contributed by atoms with Gasteiger partial charge in [-0.25, -0.2) is 4.98 Å². The Labute approximate surface area is 154 Å². The standard InChI is InChI=1S/C23H25N3/c1-14(2)16-5-6-18-10-19(8-7-17(18)9-16)20-11-22-23(25-13-24-22)12-21(20)26-15(3)4/h5-15,26H,1-4H3,(H,24,25). The Bertz CT molecular complexity index is 1070. The molecule has 3 heteroatoms. The average molecular weight is 343 g/mol. The highest BCUT2D eigenvalue weighted by Gasteiger charge is 2.11. The van der Waals surface area contributed by atoms with Crippen LogP contribution in [-0.4, -0.2) is 16.0 Å². The van der Waals surface area contributed by atoms with E-state index < -0.39 is 0 Å². The lowest BCUT2D eigenvalue weighted by molar-refractivity contribution is 0.869. The van der Waals surface area contributed by atoms with Gasteiger partial charge in [0.2, 0.25) is 0 Å². The van der Waals surface area contributed by atoms with Crippen LogP contribution >= 0.6 is 0 Å². The van der Waals surface area contributed by atoms with Crippen LogP contribution in [0.5, 0.6) is 0 Å². The van der Waals surface area contributed by atoms with E-state index in [2.05, 4.69) is 91.5 Å². The molecular formula is C23H25N3. The zero-order valence-corrected chi connectivity index (χ0v) is 15.8. The van der Waals surface area contributed by atoms with Crippen molar-refractivity contribution < 1.29 is 0 Å². The van der Waals surface area contributed by atoms with Crippen LogP contribution in [0.15, 0.2) is 54.9 Å². The summed E-state index contributed by atoms with van der Waals surface area (Å²) in [6.07, 6.45) is 1.75. The number of hydrogen-bond donors (Lipinski definition) is 2. The summed E-state index contributed by atoms with van der Waals surface area (Å²) in [5, 5.41) is 6.13. The number of aromatic amines is 1. The first-order chi connectivity index (χ1) is 12.5. The second-order valence-corrected chi connectivity index (χ2v) is 7.59. The van der Waals surface area contributed by atoms with E-state index in [-0.39, 0.29) is 0 Å². The van der Waals surface area contributed by atoms with Crippen molar-refractivity contribution in [1.82, 2.24) is 9.97 Å². The molecule has 0 bridgehead atoms. The van der Waals surface area contributed by atoms with Crippen molar-refractivity contribution in [3.05, 3.63) is 60.4 Å². The molecule has 0 saturated heterocycles. The fourth-order valence-electron chi connectivity index (χ4n) is 3.44. The second kappa shape index (κ2) is 6.49. The van der Waals surface area contributed by atoms with E-state index in [1.165, 1.54) is 27.5 Å². The smallest absolute Gasteiger partial charge is 0.0931 e. The summed E-state index contributed by atoms with van der Waals surface area (Å²) >= 11 is 0. The highest BCUT2D eigenvalue weighted by Crippen LogP contribution is 2.34. The number of imidazole rings is 1. The number of anilines is 1. The van der Waals surface area contributed by atoms with Gasteiger partial charge in [-0.05, 0) is 59.9 Å². The number of H-pyrrole nitrogens is 1. The predicted octanol–water partition coefficient (Wildman–Crippen LogP) is 6.33. The van der Waals surface area contributed by atoms with Crippen molar-refractivity contribution in [1.29, 1.82) is 0 Å². The maximum atomic E-state index is 4.40. The zero-order chi connectivity index (χ0) is 18.3. The van der Waals surface area contributed by atoms with E-state index in [9.17, 15) is 0 Å². The van der Waals surface area contributed by atoms with E-state index in [0.717, 1.165) is 16.7 Å². The SMILES string of the molecule is CC(C)Nc1cc2nc[nH]c2cc1-c1ccc2cc(C(C)C)ccc2c1. The van der Waals surface area contributed by atoms with Gasteiger partial charge in [-0.1, -0.05) is 44.2 Å². The van der Waals surface area contributed by atoms with Gasteiger partial charge in [0.15, 0.2) is 0 Å². The molecule has 0 saturated carbocycles. The van der Waals surface area contributed by atoms with Gasteiger partial charge in [0.05, 0.1) is 17.4 Å². The van der Waals surface area contributed by atoms with Gasteiger partial charge in [0, 0.05) is 17.3 Å². The topological polar surface area (TPSA) is 40.7 Å². The summed E-state index contributed by atoms with van der Waals surface area (Å²) in [6, 6.07) is 18.2. The third-order valence-electron chi connectivity index (χ3n) is 4.85. The molecule has 0 aliphatic carbocycles. The van der Waals surface area contributed by atoms with Gasteiger partial charge in [-0.2, -0.15) is 0 Å². The summed E-state index contributed by atoms with van der Waals surface area (Å²) in [5.41, 5.74) is 6.97. The Balaban J connectivity index is 1.86. The highest BCUT2D eigenvalue weighted by atomic mass is 14.9. The molecule has 26 heavy (non-hydrogen) atoms. The van der Waals surface area contributed by atoms with Crippen LogP contribution < -0.4 is 5.32 Å². The fraction of sp³-hybridized carbons (Fsp3) is 0.261. The van der Waals surface area contributed by atoms with Gasteiger partial charge in [0.25, 0.3) is 0 Å². The third kappa shape index (κ3) is 3.05. The van der Waals surface area contributed by atoms with Crippen molar-refractivity contribution in [2.24, 2.45) is 0 Å². The molecule has 3 aromatic carbocycles. The molecule has 132 valence electrons. The molecule has 0 atom stereocenters. The maximum Gasteiger partial charge on any atom is 0.0931 e. The fourth-order valence-corrected chi connectivity index (χ4v) is 3.44. The molecule has 0 spiro atoms. The number of nitrogens with zero attached hydrogens (tertiary/aromatic N) is 1. The molecule has 1 heterocycles. The van der Waals surface area contributed by atoms with Crippen molar-refractivity contribution in [2.45, 2.75) is 39.7 Å². The lowest BCUT2D eigenvalue weighted by Crippen LogP contribution is -2.10. The van der Waals surface area contributed by atoms with Crippen LogP contribution in [0.2, 0.25) is 0 Å². The van der Waals surface area contributed by atoms with Gasteiger partial charge in [-0.3, -0.25) is 0 Å². The number of aromatic nitrogens is 2. The molecule has 0 unspecified atom stereocenters. The van der Waals surface area contributed by atoms with E-state index in [1.807, 2.05) is 0 Å². The lowest BCUT2D eigenvalue weighted by atomic mass is 9.95. The predicted molar refractivity (Wildman–Crippen MR) is 112 cm³/mol. The van der Waals surface area contributed by atoms with Crippen molar-refractivity contribution in [2.75, 3.05) is 5.32 Å². The molecule has 1 aromatic heterocycles. The summed E-state index contributed by atoms with van der Waals surface area (Å²) in [6.45, 7) is 8.79.